The van der Waals surface area contributed by atoms with Crippen molar-refractivity contribution in [1.82, 2.24) is 9.78 Å². The van der Waals surface area contributed by atoms with E-state index in [-0.39, 0.29) is 12.4 Å². The monoisotopic (exact) mass is 418 g/mol. The van der Waals surface area contributed by atoms with Crippen molar-refractivity contribution in [3.05, 3.63) is 23.9 Å². The highest BCUT2D eigenvalue weighted by atomic mass is 28.3. The molecular formula is C20H31BN2O5Si. The van der Waals surface area contributed by atoms with E-state index in [1.807, 2.05) is 39.8 Å². The van der Waals surface area contributed by atoms with Crippen LogP contribution >= 0.6 is 0 Å². The number of aromatic nitrogens is 2. The van der Waals surface area contributed by atoms with Crippen molar-refractivity contribution >= 4 is 37.5 Å². The van der Waals surface area contributed by atoms with E-state index in [0.717, 1.165) is 17.0 Å². The third-order valence-electron chi connectivity index (χ3n) is 5.71. The van der Waals surface area contributed by atoms with Gasteiger partial charge in [-0.1, -0.05) is 31.8 Å². The van der Waals surface area contributed by atoms with Crippen LogP contribution in [0.1, 0.15) is 38.2 Å². The number of nitrogens with zero attached hydrogens (tertiary/aromatic N) is 2. The van der Waals surface area contributed by atoms with E-state index >= 15 is 0 Å². The van der Waals surface area contributed by atoms with E-state index < -0.39 is 32.4 Å². The standard InChI is InChI=1S/C20H31BN2O5Si/c1-19(2)20(3,4)28-21(27-19)14-8-9-16-15(12-14)17(18(24)25)22-23(16)13-26-10-11-29(5,6)7/h8-9,12H,10-11,13H2,1-7H3,(H,24,25). The van der Waals surface area contributed by atoms with E-state index in [4.69, 9.17) is 14.0 Å². The fraction of sp³-hybridized carbons (Fsp3) is 0.600. The predicted molar refractivity (Wildman–Crippen MR) is 117 cm³/mol. The summed E-state index contributed by atoms with van der Waals surface area (Å²) in [5.41, 5.74) is 0.577. The number of carboxylic acid groups (broad SMARTS) is 1. The van der Waals surface area contributed by atoms with Crippen LogP contribution in [0.25, 0.3) is 10.9 Å². The van der Waals surface area contributed by atoms with Gasteiger partial charge in [-0.2, -0.15) is 5.10 Å². The molecule has 0 bridgehead atoms. The average Bonchev–Trinajstić information content (AvgIpc) is 3.05. The van der Waals surface area contributed by atoms with Crippen LogP contribution in [-0.2, 0) is 20.8 Å². The molecule has 2 heterocycles. The molecule has 0 aliphatic carbocycles. The molecule has 0 amide bonds. The Morgan fingerprint density at radius 3 is 2.38 bits per heavy atom. The summed E-state index contributed by atoms with van der Waals surface area (Å²) in [6.07, 6.45) is 0. The van der Waals surface area contributed by atoms with Gasteiger partial charge in [0.2, 0.25) is 0 Å². The third-order valence-corrected chi connectivity index (χ3v) is 7.42. The first-order valence-electron chi connectivity index (χ1n) is 9.98. The molecule has 1 aromatic heterocycles. The van der Waals surface area contributed by atoms with Gasteiger partial charge in [0.25, 0.3) is 0 Å². The number of aromatic carboxylic acids is 1. The molecule has 0 atom stereocenters. The summed E-state index contributed by atoms with van der Waals surface area (Å²) in [4.78, 5) is 11.8. The number of hydrogen-bond acceptors (Lipinski definition) is 5. The highest BCUT2D eigenvalue weighted by molar-refractivity contribution is 6.76. The van der Waals surface area contributed by atoms with Gasteiger partial charge < -0.3 is 19.2 Å². The number of fused-ring (bicyclic) bond motifs is 1. The number of hydrogen-bond donors (Lipinski definition) is 1. The Hall–Kier alpha value is -1.68. The Labute approximate surface area is 173 Å². The molecule has 29 heavy (non-hydrogen) atoms. The molecule has 3 rings (SSSR count). The van der Waals surface area contributed by atoms with Crippen LogP contribution in [0.5, 0.6) is 0 Å². The minimum Gasteiger partial charge on any atom is -0.476 e. The van der Waals surface area contributed by atoms with Crippen LogP contribution in [-0.4, -0.2) is 53.9 Å². The minimum atomic E-state index is -1.18. The molecule has 1 aliphatic rings. The van der Waals surface area contributed by atoms with E-state index in [0.29, 0.717) is 12.0 Å². The van der Waals surface area contributed by atoms with Gasteiger partial charge in [-0.3, -0.25) is 0 Å². The van der Waals surface area contributed by atoms with Crippen molar-refractivity contribution in [2.45, 2.75) is 71.3 Å². The fourth-order valence-electron chi connectivity index (χ4n) is 3.11. The van der Waals surface area contributed by atoms with Gasteiger partial charge in [0.1, 0.15) is 6.73 Å². The Balaban J connectivity index is 1.87. The zero-order valence-corrected chi connectivity index (χ0v) is 19.4. The van der Waals surface area contributed by atoms with Crippen molar-refractivity contribution in [3.63, 3.8) is 0 Å². The quantitative estimate of drug-likeness (QED) is 0.549. The number of rotatable bonds is 7. The Morgan fingerprint density at radius 1 is 1.21 bits per heavy atom. The maximum Gasteiger partial charge on any atom is 0.494 e. The van der Waals surface area contributed by atoms with Gasteiger partial charge in [-0.25, -0.2) is 9.48 Å². The van der Waals surface area contributed by atoms with Gasteiger partial charge in [-0.15, -0.1) is 0 Å². The predicted octanol–water partition coefficient (Wildman–Crippen LogP) is 3.35. The second-order valence-corrected chi connectivity index (χ2v) is 15.5. The zero-order valence-electron chi connectivity index (χ0n) is 18.4. The van der Waals surface area contributed by atoms with Gasteiger partial charge in [0.15, 0.2) is 5.69 Å². The van der Waals surface area contributed by atoms with Crippen molar-refractivity contribution < 1.29 is 23.9 Å². The third kappa shape index (κ3) is 4.58. The van der Waals surface area contributed by atoms with Crippen molar-refractivity contribution in [2.75, 3.05) is 6.61 Å². The highest BCUT2D eigenvalue weighted by Crippen LogP contribution is 2.36. The number of carboxylic acids is 1. The Morgan fingerprint density at radius 2 is 1.83 bits per heavy atom. The molecule has 158 valence electrons. The first-order chi connectivity index (χ1) is 13.3. The second kappa shape index (κ2) is 7.54. The van der Waals surface area contributed by atoms with Crippen LogP contribution in [0.15, 0.2) is 18.2 Å². The molecule has 1 aromatic carbocycles. The Bertz CT molecular complexity index is 903. The fourth-order valence-corrected chi connectivity index (χ4v) is 3.87. The maximum atomic E-state index is 11.8. The lowest BCUT2D eigenvalue weighted by Crippen LogP contribution is -2.41. The van der Waals surface area contributed by atoms with E-state index in [1.165, 1.54) is 0 Å². The molecule has 0 spiro atoms. The maximum absolute atomic E-state index is 11.8. The number of benzene rings is 1. The van der Waals surface area contributed by atoms with Crippen LogP contribution < -0.4 is 5.46 Å². The topological polar surface area (TPSA) is 82.8 Å². The molecule has 9 heteroatoms. The molecular weight excluding hydrogens is 387 g/mol. The van der Waals surface area contributed by atoms with Gasteiger partial charge in [-0.05, 0) is 45.3 Å². The molecule has 1 N–H and O–H groups in total. The summed E-state index contributed by atoms with van der Waals surface area (Å²) in [5, 5.41) is 14.4. The molecule has 0 unspecified atom stereocenters. The average molecular weight is 418 g/mol. The minimum absolute atomic E-state index is 0.00663. The summed E-state index contributed by atoms with van der Waals surface area (Å²) < 4.78 is 19.6. The molecule has 1 saturated heterocycles. The normalized spacial score (nSPS) is 18.5. The SMILES string of the molecule is CC1(C)OB(c2ccc3c(c2)c(C(=O)O)nn3COCC[Si](C)(C)C)OC1(C)C. The molecule has 1 aliphatic heterocycles. The summed E-state index contributed by atoms with van der Waals surface area (Å²) in [6.45, 7) is 15.7. The smallest absolute Gasteiger partial charge is 0.476 e. The lowest BCUT2D eigenvalue weighted by molar-refractivity contribution is 0.00578. The molecule has 1 fully saturated rings. The van der Waals surface area contributed by atoms with Gasteiger partial charge in [0, 0.05) is 20.1 Å². The first-order valence-corrected chi connectivity index (χ1v) is 13.7. The van der Waals surface area contributed by atoms with E-state index in [2.05, 4.69) is 24.7 Å². The van der Waals surface area contributed by atoms with Crippen LogP contribution in [0.2, 0.25) is 25.7 Å². The molecule has 2 aromatic rings. The molecule has 0 radical (unpaired) electrons. The highest BCUT2D eigenvalue weighted by Gasteiger charge is 2.51. The zero-order chi connectivity index (χ0) is 21.6. The second-order valence-electron chi connectivity index (χ2n) is 9.87. The van der Waals surface area contributed by atoms with E-state index in [1.54, 1.807) is 10.7 Å². The molecule has 7 nitrogen and oxygen atoms in total. The number of ether oxygens (including phenoxy) is 1. The summed E-state index contributed by atoms with van der Waals surface area (Å²) in [6, 6.07) is 6.60. The van der Waals surface area contributed by atoms with Gasteiger partial charge >= 0.3 is 13.1 Å². The number of carbonyl (C=O) groups is 1. The summed E-state index contributed by atoms with van der Waals surface area (Å²) in [5.74, 6) is -1.07. The molecule has 0 saturated carbocycles. The summed E-state index contributed by atoms with van der Waals surface area (Å²) >= 11 is 0. The summed E-state index contributed by atoms with van der Waals surface area (Å²) in [7, 11) is -1.74. The van der Waals surface area contributed by atoms with E-state index in [9.17, 15) is 9.90 Å². The first kappa shape index (κ1) is 22.0. The lowest BCUT2D eigenvalue weighted by Gasteiger charge is -2.32. The van der Waals surface area contributed by atoms with Crippen molar-refractivity contribution in [1.29, 1.82) is 0 Å². The lowest BCUT2D eigenvalue weighted by atomic mass is 9.78. The Kier molecular flexibility index (Phi) is 5.72. The van der Waals surface area contributed by atoms with Crippen molar-refractivity contribution in [2.24, 2.45) is 0 Å². The van der Waals surface area contributed by atoms with Crippen molar-refractivity contribution in [3.8, 4) is 0 Å². The van der Waals surface area contributed by atoms with Crippen LogP contribution in [0.4, 0.5) is 0 Å². The largest absolute Gasteiger partial charge is 0.494 e. The van der Waals surface area contributed by atoms with Crippen LogP contribution in [0.3, 0.4) is 0 Å². The van der Waals surface area contributed by atoms with Gasteiger partial charge in [0.05, 0.1) is 16.7 Å². The van der Waals surface area contributed by atoms with Crippen LogP contribution in [0, 0.1) is 0 Å².